The minimum Gasteiger partial charge on any atom is -0.478 e. The Hall–Kier alpha value is -1.02. The smallest absolute Gasteiger partial charge is 0.337 e. The Morgan fingerprint density at radius 3 is 2.28 bits per heavy atom. The third kappa shape index (κ3) is 1.93. The molecule has 3 heteroatoms. The summed E-state index contributed by atoms with van der Waals surface area (Å²) in [4.78, 5) is 11.2. The molecular weight excluding hydrogens is 248 g/mol. The lowest BCUT2D eigenvalue weighted by Crippen LogP contribution is -2.34. The van der Waals surface area contributed by atoms with E-state index in [4.69, 9.17) is 11.6 Å². The average Bonchev–Trinajstić information content (AvgIpc) is 2.24. The number of benzene rings is 1. The molecule has 0 aromatic heterocycles. The van der Waals surface area contributed by atoms with Crippen molar-refractivity contribution < 1.29 is 9.90 Å². The largest absolute Gasteiger partial charge is 0.478 e. The first-order valence-corrected chi connectivity index (χ1v) is 6.61. The second kappa shape index (κ2) is 3.99. The third-order valence-corrected chi connectivity index (χ3v) is 4.55. The minimum atomic E-state index is -0.957. The van der Waals surface area contributed by atoms with E-state index in [1.807, 2.05) is 6.07 Å². The summed E-state index contributed by atoms with van der Waals surface area (Å²) in [6.45, 7) is 8.66. The van der Waals surface area contributed by atoms with Gasteiger partial charge in [0.25, 0.3) is 0 Å². The van der Waals surface area contributed by atoms with Crippen molar-refractivity contribution in [1.82, 2.24) is 0 Å². The number of hydrogen-bond donors (Lipinski definition) is 1. The third-order valence-electron chi connectivity index (χ3n) is 4.15. The highest BCUT2D eigenvalue weighted by Crippen LogP contribution is 2.49. The van der Waals surface area contributed by atoms with Crippen LogP contribution in [0.15, 0.2) is 12.1 Å². The molecule has 98 valence electrons. The quantitative estimate of drug-likeness (QED) is 0.819. The maximum absolute atomic E-state index is 11.2. The molecule has 0 atom stereocenters. The second-order valence-corrected chi connectivity index (χ2v) is 6.80. The van der Waals surface area contributed by atoms with Crippen LogP contribution in [0.4, 0.5) is 0 Å². The molecule has 0 amide bonds. The highest BCUT2D eigenvalue weighted by atomic mass is 35.5. The summed E-state index contributed by atoms with van der Waals surface area (Å²) in [6.07, 6.45) is 2.12. The number of aromatic carboxylic acids is 1. The van der Waals surface area contributed by atoms with Crippen LogP contribution in [0.1, 0.15) is 62.0 Å². The predicted molar refractivity (Wildman–Crippen MR) is 73.7 cm³/mol. The molecule has 0 saturated carbocycles. The number of carbonyl (C=O) groups is 1. The zero-order chi connectivity index (χ0) is 13.7. The lowest BCUT2D eigenvalue weighted by atomic mass is 9.63. The van der Waals surface area contributed by atoms with E-state index in [-0.39, 0.29) is 16.4 Å². The fourth-order valence-electron chi connectivity index (χ4n) is 2.85. The van der Waals surface area contributed by atoms with Crippen LogP contribution >= 0.6 is 11.6 Å². The molecule has 0 saturated heterocycles. The lowest BCUT2D eigenvalue weighted by molar-refractivity contribution is 0.0696. The molecule has 1 aromatic rings. The average molecular weight is 267 g/mol. The van der Waals surface area contributed by atoms with Crippen LogP contribution < -0.4 is 0 Å². The topological polar surface area (TPSA) is 37.3 Å². The molecule has 18 heavy (non-hydrogen) atoms. The van der Waals surface area contributed by atoms with Crippen molar-refractivity contribution in [2.45, 2.75) is 51.4 Å². The van der Waals surface area contributed by atoms with Crippen molar-refractivity contribution in [1.29, 1.82) is 0 Å². The fraction of sp³-hybridized carbons (Fsp3) is 0.533. The van der Waals surface area contributed by atoms with Gasteiger partial charge in [0.1, 0.15) is 0 Å². The molecule has 0 bridgehead atoms. The molecule has 1 aliphatic carbocycles. The summed E-state index contributed by atoms with van der Waals surface area (Å²) in [7, 11) is 0. The van der Waals surface area contributed by atoms with Crippen molar-refractivity contribution >= 4 is 17.6 Å². The van der Waals surface area contributed by atoms with Gasteiger partial charge >= 0.3 is 5.97 Å². The van der Waals surface area contributed by atoms with Crippen LogP contribution in [0.2, 0.25) is 5.02 Å². The summed E-state index contributed by atoms with van der Waals surface area (Å²) in [5.74, 6) is -0.957. The molecule has 0 fully saturated rings. The van der Waals surface area contributed by atoms with Crippen LogP contribution in [0.3, 0.4) is 0 Å². The van der Waals surface area contributed by atoms with Gasteiger partial charge in [-0.3, -0.25) is 0 Å². The number of carboxylic acid groups (broad SMARTS) is 1. The normalized spacial score (nSPS) is 20.3. The van der Waals surface area contributed by atoms with E-state index in [2.05, 4.69) is 27.7 Å². The summed E-state index contributed by atoms with van der Waals surface area (Å²) in [5.41, 5.74) is 2.41. The van der Waals surface area contributed by atoms with E-state index in [9.17, 15) is 9.90 Å². The molecule has 0 unspecified atom stereocenters. The molecule has 0 spiro atoms. The second-order valence-electron chi connectivity index (χ2n) is 6.42. The minimum absolute atomic E-state index is 0.0610. The molecular formula is C15H19ClO2. The zero-order valence-electron chi connectivity index (χ0n) is 11.3. The van der Waals surface area contributed by atoms with E-state index in [1.54, 1.807) is 6.07 Å². The van der Waals surface area contributed by atoms with Crippen LogP contribution in [-0.2, 0) is 10.8 Å². The van der Waals surface area contributed by atoms with Gasteiger partial charge in [0, 0.05) is 0 Å². The molecule has 1 aromatic carbocycles. The lowest BCUT2D eigenvalue weighted by Gasteiger charge is -2.42. The Bertz CT molecular complexity index is 515. The maximum atomic E-state index is 11.2. The van der Waals surface area contributed by atoms with Crippen molar-refractivity contribution in [2.24, 2.45) is 0 Å². The van der Waals surface area contributed by atoms with Gasteiger partial charge in [0.2, 0.25) is 0 Å². The predicted octanol–water partition coefficient (Wildman–Crippen LogP) is 4.39. The van der Waals surface area contributed by atoms with Crippen LogP contribution in [0.25, 0.3) is 0 Å². The van der Waals surface area contributed by atoms with E-state index < -0.39 is 5.97 Å². The van der Waals surface area contributed by atoms with Crippen molar-refractivity contribution in [3.05, 3.63) is 33.8 Å². The summed E-state index contributed by atoms with van der Waals surface area (Å²) in [5, 5.41) is 9.60. The first kappa shape index (κ1) is 13.4. The Labute approximate surface area is 113 Å². The fourth-order valence-corrected chi connectivity index (χ4v) is 3.35. The first-order valence-electron chi connectivity index (χ1n) is 6.23. The number of rotatable bonds is 1. The van der Waals surface area contributed by atoms with E-state index in [0.29, 0.717) is 5.02 Å². The van der Waals surface area contributed by atoms with Crippen molar-refractivity contribution in [3.8, 4) is 0 Å². The Kier molecular flexibility index (Phi) is 2.97. The van der Waals surface area contributed by atoms with Crippen LogP contribution in [0, 0.1) is 0 Å². The number of carboxylic acids is 1. The summed E-state index contributed by atoms with van der Waals surface area (Å²) >= 11 is 6.35. The van der Waals surface area contributed by atoms with Gasteiger partial charge < -0.3 is 5.11 Å². The van der Waals surface area contributed by atoms with Crippen molar-refractivity contribution in [3.63, 3.8) is 0 Å². The Balaban J connectivity index is 2.77. The Morgan fingerprint density at radius 1 is 1.17 bits per heavy atom. The van der Waals surface area contributed by atoms with Crippen LogP contribution in [0.5, 0.6) is 0 Å². The standard InChI is InChI=1S/C15H19ClO2/c1-14(2)7-8-15(3,4)11-10(14)6-5-9(12(11)16)13(17)18/h5-6H,7-8H2,1-4H3,(H,17,18). The molecule has 0 aliphatic heterocycles. The molecule has 2 rings (SSSR count). The van der Waals surface area contributed by atoms with Crippen molar-refractivity contribution in [2.75, 3.05) is 0 Å². The van der Waals surface area contributed by atoms with Gasteiger partial charge in [-0.1, -0.05) is 45.4 Å². The molecule has 0 heterocycles. The molecule has 1 aliphatic rings. The van der Waals surface area contributed by atoms with E-state index in [1.165, 1.54) is 5.56 Å². The van der Waals surface area contributed by atoms with Gasteiger partial charge in [0.05, 0.1) is 10.6 Å². The molecule has 1 N–H and O–H groups in total. The van der Waals surface area contributed by atoms with Gasteiger partial charge in [-0.25, -0.2) is 4.79 Å². The number of fused-ring (bicyclic) bond motifs is 1. The zero-order valence-corrected chi connectivity index (χ0v) is 12.1. The SMILES string of the molecule is CC1(C)CCC(C)(C)c2c1ccc(C(=O)O)c2Cl. The summed E-state index contributed by atoms with van der Waals surface area (Å²) < 4.78 is 0. The number of hydrogen-bond acceptors (Lipinski definition) is 1. The van der Waals surface area contributed by atoms with Gasteiger partial charge in [-0.2, -0.15) is 0 Å². The molecule has 2 nitrogen and oxygen atoms in total. The van der Waals surface area contributed by atoms with E-state index >= 15 is 0 Å². The summed E-state index contributed by atoms with van der Waals surface area (Å²) in [6, 6.07) is 3.57. The van der Waals surface area contributed by atoms with Gasteiger partial charge in [-0.05, 0) is 40.9 Å². The number of halogens is 1. The first-order chi connectivity index (χ1) is 8.17. The molecule has 0 radical (unpaired) electrons. The highest BCUT2D eigenvalue weighted by Gasteiger charge is 2.39. The van der Waals surface area contributed by atoms with E-state index in [0.717, 1.165) is 18.4 Å². The van der Waals surface area contributed by atoms with Crippen LogP contribution in [-0.4, -0.2) is 11.1 Å². The monoisotopic (exact) mass is 266 g/mol. The maximum Gasteiger partial charge on any atom is 0.337 e. The van der Waals surface area contributed by atoms with Gasteiger partial charge in [-0.15, -0.1) is 0 Å². The van der Waals surface area contributed by atoms with Gasteiger partial charge in [0.15, 0.2) is 0 Å². The Morgan fingerprint density at radius 2 is 1.72 bits per heavy atom. The highest BCUT2D eigenvalue weighted by molar-refractivity contribution is 6.34.